The van der Waals surface area contributed by atoms with Crippen molar-refractivity contribution in [3.63, 3.8) is 0 Å². The van der Waals surface area contributed by atoms with Crippen LogP contribution in [-0.4, -0.2) is 86.0 Å². The average Bonchev–Trinajstić information content (AvgIpc) is 2.93. The Morgan fingerprint density at radius 2 is 1.76 bits per heavy atom. The molecule has 0 spiro atoms. The van der Waals surface area contributed by atoms with E-state index in [1.165, 1.54) is 24.0 Å². The van der Waals surface area contributed by atoms with Crippen molar-refractivity contribution in [1.82, 2.24) is 20.4 Å². The Balaban J connectivity index is 1.52. The van der Waals surface area contributed by atoms with Crippen LogP contribution >= 0.6 is 0 Å². The monoisotopic (exact) mass is 509 g/mol. The Bertz CT molecular complexity index is 1150. The minimum absolute atomic E-state index is 0.0299. The van der Waals surface area contributed by atoms with E-state index < -0.39 is 24.0 Å². The minimum Gasteiger partial charge on any atom is -0.497 e. The molecule has 2 fully saturated rings. The number of urea groups is 1. The number of amides is 5. The van der Waals surface area contributed by atoms with Gasteiger partial charge in [0, 0.05) is 37.0 Å². The summed E-state index contributed by atoms with van der Waals surface area (Å²) in [6.07, 6.45) is 1.25. The van der Waals surface area contributed by atoms with Crippen molar-refractivity contribution in [1.29, 1.82) is 0 Å². The number of benzene rings is 2. The number of piperidine rings is 1. The third kappa shape index (κ3) is 6.11. The summed E-state index contributed by atoms with van der Waals surface area (Å²) in [6.45, 7) is 0.906. The molecule has 2 aromatic rings. The number of anilines is 1. The van der Waals surface area contributed by atoms with Crippen LogP contribution in [-0.2, 0) is 9.59 Å². The topological polar surface area (TPSA) is 129 Å². The maximum Gasteiger partial charge on any atom is 0.321 e. The zero-order chi connectivity index (χ0) is 26.4. The number of hydrogen-bond acceptors (Lipinski definition) is 6. The molecule has 196 valence electrons. The van der Waals surface area contributed by atoms with Crippen LogP contribution in [0.5, 0.6) is 11.5 Å². The van der Waals surface area contributed by atoms with Gasteiger partial charge in [-0.25, -0.2) is 4.79 Å². The number of piperazine rings is 1. The number of hydrogen-bond donors (Lipinski definition) is 3. The second kappa shape index (κ2) is 11.6. The van der Waals surface area contributed by atoms with Crippen LogP contribution in [0.25, 0.3) is 0 Å². The Hall–Kier alpha value is -4.28. The highest BCUT2D eigenvalue weighted by molar-refractivity contribution is 5.99. The molecule has 2 aliphatic heterocycles. The average molecular weight is 510 g/mol. The minimum atomic E-state index is -0.978. The highest BCUT2D eigenvalue weighted by Gasteiger charge is 2.39. The fraction of sp³-hybridized carbons (Fsp3) is 0.385. The molecule has 2 saturated heterocycles. The highest BCUT2D eigenvalue weighted by atomic mass is 16.5. The van der Waals surface area contributed by atoms with Crippen molar-refractivity contribution in [2.75, 3.05) is 45.7 Å². The number of methoxy groups -OCH3 is 2. The van der Waals surface area contributed by atoms with Gasteiger partial charge in [-0.2, -0.15) is 0 Å². The van der Waals surface area contributed by atoms with E-state index in [0.29, 0.717) is 35.7 Å². The molecule has 37 heavy (non-hydrogen) atoms. The first-order chi connectivity index (χ1) is 17.9. The van der Waals surface area contributed by atoms with Crippen LogP contribution in [0.15, 0.2) is 48.5 Å². The summed E-state index contributed by atoms with van der Waals surface area (Å²) in [4.78, 5) is 55.0. The summed E-state index contributed by atoms with van der Waals surface area (Å²) in [5.74, 6) is 0.117. The maximum absolute atomic E-state index is 13.4. The molecule has 0 saturated carbocycles. The Kier molecular flexibility index (Phi) is 8.11. The van der Waals surface area contributed by atoms with E-state index in [9.17, 15) is 19.2 Å². The molecular formula is C26H31N5O6. The SMILES string of the molecule is COc1ccc(C(=O)N2CCN(C(=O)Nc3cccc(OC)c3)C[C@@H]2C(=O)N[C@H]2CCCNC2=O)cc1. The second-order valence-electron chi connectivity index (χ2n) is 8.85. The fourth-order valence-electron chi connectivity index (χ4n) is 4.42. The van der Waals surface area contributed by atoms with Crippen LogP contribution in [0, 0.1) is 0 Å². The van der Waals surface area contributed by atoms with Crippen molar-refractivity contribution in [3.05, 3.63) is 54.1 Å². The summed E-state index contributed by atoms with van der Waals surface area (Å²) in [7, 11) is 3.07. The quantitative estimate of drug-likeness (QED) is 0.541. The van der Waals surface area contributed by atoms with Gasteiger partial charge in [0.2, 0.25) is 11.8 Å². The Morgan fingerprint density at radius 3 is 2.46 bits per heavy atom. The number of carbonyl (C=O) groups excluding carboxylic acids is 4. The van der Waals surface area contributed by atoms with Gasteiger partial charge in [0.1, 0.15) is 23.6 Å². The van der Waals surface area contributed by atoms with E-state index >= 15 is 0 Å². The van der Waals surface area contributed by atoms with Crippen molar-refractivity contribution >= 4 is 29.4 Å². The van der Waals surface area contributed by atoms with Crippen LogP contribution in [0.2, 0.25) is 0 Å². The zero-order valence-electron chi connectivity index (χ0n) is 20.9. The molecule has 0 aliphatic carbocycles. The lowest BCUT2D eigenvalue weighted by molar-refractivity contribution is -0.133. The van der Waals surface area contributed by atoms with Gasteiger partial charge >= 0.3 is 6.03 Å². The number of rotatable bonds is 6. The van der Waals surface area contributed by atoms with E-state index in [1.54, 1.807) is 48.5 Å². The third-order valence-corrected chi connectivity index (χ3v) is 6.49. The van der Waals surface area contributed by atoms with Crippen LogP contribution in [0.4, 0.5) is 10.5 Å². The predicted molar refractivity (Wildman–Crippen MR) is 136 cm³/mol. The lowest BCUT2D eigenvalue weighted by atomic mass is 10.0. The van der Waals surface area contributed by atoms with E-state index in [1.807, 2.05) is 0 Å². The molecular weight excluding hydrogens is 478 g/mol. The third-order valence-electron chi connectivity index (χ3n) is 6.49. The van der Waals surface area contributed by atoms with Gasteiger partial charge in [-0.1, -0.05) is 6.07 Å². The lowest BCUT2D eigenvalue weighted by Gasteiger charge is -2.41. The Labute approximate surface area is 215 Å². The van der Waals surface area contributed by atoms with Gasteiger partial charge in [-0.05, 0) is 49.2 Å². The van der Waals surface area contributed by atoms with Gasteiger partial charge in [-0.3, -0.25) is 14.4 Å². The number of nitrogens with one attached hydrogen (secondary N) is 3. The summed E-state index contributed by atoms with van der Waals surface area (Å²) < 4.78 is 10.4. The summed E-state index contributed by atoms with van der Waals surface area (Å²) >= 11 is 0. The van der Waals surface area contributed by atoms with Crippen LogP contribution in [0.1, 0.15) is 23.2 Å². The lowest BCUT2D eigenvalue weighted by Crippen LogP contribution is -2.64. The number of ether oxygens (including phenoxy) is 2. The molecule has 0 unspecified atom stereocenters. The Morgan fingerprint density at radius 1 is 1.00 bits per heavy atom. The normalized spacial score (nSPS) is 19.5. The summed E-state index contributed by atoms with van der Waals surface area (Å²) in [6, 6.07) is 11.5. The standard InChI is InChI=1S/C26H31N5O6/c1-36-19-10-8-17(9-11-19)25(34)31-14-13-30(26(35)28-18-5-3-6-20(15-18)37-2)16-22(31)24(33)29-21-7-4-12-27-23(21)32/h3,5-6,8-11,15,21-22H,4,7,12-14,16H2,1-2H3,(H,27,32)(H,28,35)(H,29,33)/t21-,22+/m0/s1. The van der Waals surface area contributed by atoms with Gasteiger partial charge in [0.25, 0.3) is 5.91 Å². The summed E-state index contributed by atoms with van der Waals surface area (Å²) in [5, 5.41) is 8.34. The highest BCUT2D eigenvalue weighted by Crippen LogP contribution is 2.21. The molecule has 0 radical (unpaired) electrons. The van der Waals surface area contributed by atoms with E-state index in [0.717, 1.165) is 6.42 Å². The molecule has 0 bridgehead atoms. The fourth-order valence-corrected chi connectivity index (χ4v) is 4.42. The molecule has 4 rings (SSSR count). The predicted octanol–water partition coefficient (Wildman–Crippen LogP) is 1.46. The number of carbonyl (C=O) groups is 4. The first kappa shape index (κ1) is 25.8. The molecule has 3 N–H and O–H groups in total. The smallest absolute Gasteiger partial charge is 0.321 e. The van der Waals surface area contributed by atoms with Crippen LogP contribution < -0.4 is 25.4 Å². The van der Waals surface area contributed by atoms with E-state index in [4.69, 9.17) is 9.47 Å². The zero-order valence-corrected chi connectivity index (χ0v) is 20.9. The molecule has 2 aromatic carbocycles. The largest absolute Gasteiger partial charge is 0.497 e. The van der Waals surface area contributed by atoms with E-state index in [2.05, 4.69) is 16.0 Å². The molecule has 2 heterocycles. The van der Waals surface area contributed by atoms with Crippen LogP contribution in [0.3, 0.4) is 0 Å². The van der Waals surface area contributed by atoms with Gasteiger partial charge in [0.05, 0.1) is 20.8 Å². The molecule has 0 aromatic heterocycles. The first-order valence-electron chi connectivity index (χ1n) is 12.1. The van der Waals surface area contributed by atoms with Crippen molar-refractivity contribution in [3.8, 4) is 11.5 Å². The van der Waals surface area contributed by atoms with E-state index in [-0.39, 0.29) is 31.4 Å². The maximum atomic E-state index is 13.4. The molecule has 2 aliphatic rings. The van der Waals surface area contributed by atoms with Gasteiger partial charge in [-0.15, -0.1) is 0 Å². The van der Waals surface area contributed by atoms with Crippen molar-refractivity contribution in [2.45, 2.75) is 24.9 Å². The summed E-state index contributed by atoms with van der Waals surface area (Å²) in [5.41, 5.74) is 0.934. The van der Waals surface area contributed by atoms with Gasteiger partial charge < -0.3 is 35.2 Å². The van der Waals surface area contributed by atoms with Crippen molar-refractivity contribution < 1.29 is 28.7 Å². The second-order valence-corrected chi connectivity index (χ2v) is 8.85. The molecule has 5 amide bonds. The molecule has 2 atom stereocenters. The first-order valence-corrected chi connectivity index (χ1v) is 12.1. The van der Waals surface area contributed by atoms with Crippen molar-refractivity contribution in [2.24, 2.45) is 0 Å². The number of nitrogens with zero attached hydrogens (tertiary/aromatic N) is 2. The van der Waals surface area contributed by atoms with Gasteiger partial charge in [0.15, 0.2) is 0 Å². The molecule has 11 heteroatoms. The molecule has 11 nitrogen and oxygen atoms in total.